The van der Waals surface area contributed by atoms with Gasteiger partial charge in [0.1, 0.15) is 5.54 Å². The molecule has 3 N–H and O–H groups in total. The van der Waals surface area contributed by atoms with Gasteiger partial charge in [-0.3, -0.25) is 10.1 Å². The summed E-state index contributed by atoms with van der Waals surface area (Å²) >= 11 is 1.54. The summed E-state index contributed by atoms with van der Waals surface area (Å²) in [4.78, 5) is 21.0. The number of nitrogens with one attached hydrogen (secondary N) is 1. The molecule has 2 saturated carbocycles. The first kappa shape index (κ1) is 14.8. The second kappa shape index (κ2) is 5.57. The Bertz CT molecular complexity index is 536. The topological polar surface area (TPSA) is 80.9 Å². The van der Waals surface area contributed by atoms with Gasteiger partial charge in [0.25, 0.3) is 0 Å². The molecule has 1 amide bonds. The molecular formula is C15H22N4OS. The molecule has 3 rings (SSSR count). The highest BCUT2D eigenvalue weighted by atomic mass is 32.2. The minimum Gasteiger partial charge on any atom is -0.368 e. The number of nitrogens with zero attached hydrogens (tertiary/aromatic N) is 2. The van der Waals surface area contributed by atoms with Gasteiger partial charge in [-0.1, -0.05) is 11.8 Å². The van der Waals surface area contributed by atoms with E-state index in [1.54, 1.807) is 0 Å². The molecular weight excluding hydrogens is 284 g/mol. The van der Waals surface area contributed by atoms with E-state index in [1.165, 1.54) is 11.8 Å². The molecule has 5 nitrogen and oxygen atoms in total. The van der Waals surface area contributed by atoms with Crippen molar-refractivity contribution in [2.75, 3.05) is 5.75 Å². The van der Waals surface area contributed by atoms with Gasteiger partial charge in [-0.05, 0) is 51.5 Å². The molecule has 2 aliphatic rings. The summed E-state index contributed by atoms with van der Waals surface area (Å²) in [6.45, 7) is 3.92. The number of nitrogens with two attached hydrogens (primary N) is 1. The summed E-state index contributed by atoms with van der Waals surface area (Å²) < 4.78 is 0. The van der Waals surface area contributed by atoms with Gasteiger partial charge < -0.3 is 5.73 Å². The Morgan fingerprint density at radius 2 is 1.95 bits per heavy atom. The lowest BCUT2D eigenvalue weighted by Gasteiger charge is -2.31. The van der Waals surface area contributed by atoms with Crippen molar-refractivity contribution in [3.8, 4) is 0 Å². The van der Waals surface area contributed by atoms with E-state index < -0.39 is 5.54 Å². The number of amides is 1. The van der Waals surface area contributed by atoms with Crippen LogP contribution in [0.2, 0.25) is 0 Å². The predicted octanol–water partition coefficient (Wildman–Crippen LogP) is 1.57. The lowest BCUT2D eigenvalue weighted by molar-refractivity contribution is -0.124. The summed E-state index contributed by atoms with van der Waals surface area (Å²) in [7, 11) is 0. The molecule has 0 radical (unpaired) electrons. The van der Waals surface area contributed by atoms with Crippen LogP contribution in [0.4, 0.5) is 0 Å². The van der Waals surface area contributed by atoms with E-state index in [9.17, 15) is 4.79 Å². The van der Waals surface area contributed by atoms with Gasteiger partial charge in [0, 0.05) is 23.2 Å². The van der Waals surface area contributed by atoms with E-state index in [-0.39, 0.29) is 5.91 Å². The summed E-state index contributed by atoms with van der Waals surface area (Å²) in [5.74, 6) is 0.759. The first-order valence-corrected chi connectivity index (χ1v) is 8.51. The van der Waals surface area contributed by atoms with Gasteiger partial charge in [-0.15, -0.1) is 0 Å². The monoisotopic (exact) mass is 306 g/mol. The van der Waals surface area contributed by atoms with Crippen molar-refractivity contribution >= 4 is 17.7 Å². The highest BCUT2D eigenvalue weighted by Gasteiger charge is 2.51. The Balaban J connectivity index is 1.75. The van der Waals surface area contributed by atoms with Crippen LogP contribution in [0.15, 0.2) is 11.2 Å². The van der Waals surface area contributed by atoms with E-state index in [0.29, 0.717) is 17.7 Å². The second-order valence-corrected chi connectivity index (χ2v) is 7.19. The van der Waals surface area contributed by atoms with Crippen LogP contribution >= 0.6 is 11.8 Å². The molecule has 1 heterocycles. The van der Waals surface area contributed by atoms with Crippen LogP contribution in [0.25, 0.3) is 0 Å². The predicted molar refractivity (Wildman–Crippen MR) is 83.0 cm³/mol. The highest BCUT2D eigenvalue weighted by Crippen LogP contribution is 2.43. The third kappa shape index (κ3) is 3.37. The van der Waals surface area contributed by atoms with Crippen LogP contribution in [-0.2, 0) is 4.79 Å². The normalized spacial score (nSPS) is 21.0. The first-order valence-electron chi connectivity index (χ1n) is 7.52. The van der Waals surface area contributed by atoms with E-state index in [4.69, 9.17) is 5.73 Å². The SMILES string of the molecule is Cc1cc(C)nc(SCC(NC2CC2)(C(N)=O)C2CC2)n1. The smallest absolute Gasteiger partial charge is 0.238 e. The fourth-order valence-corrected chi connectivity index (χ4v) is 3.96. The molecule has 114 valence electrons. The minimum atomic E-state index is -0.590. The quantitative estimate of drug-likeness (QED) is 0.590. The molecule has 2 aliphatic carbocycles. The van der Waals surface area contributed by atoms with Crippen molar-refractivity contribution in [3.63, 3.8) is 0 Å². The molecule has 0 aromatic carbocycles. The Morgan fingerprint density at radius 1 is 1.33 bits per heavy atom. The Hall–Kier alpha value is -1.14. The van der Waals surface area contributed by atoms with Crippen LogP contribution in [0.5, 0.6) is 0 Å². The molecule has 0 saturated heterocycles. The molecule has 1 aromatic rings. The number of carbonyl (C=O) groups is 1. The zero-order chi connectivity index (χ0) is 15.0. The van der Waals surface area contributed by atoms with E-state index in [2.05, 4.69) is 15.3 Å². The summed E-state index contributed by atoms with van der Waals surface area (Å²) in [5, 5.41) is 4.25. The van der Waals surface area contributed by atoms with Gasteiger partial charge in [0.05, 0.1) is 0 Å². The Kier molecular flexibility index (Phi) is 3.92. The summed E-state index contributed by atoms with van der Waals surface area (Å²) in [6.07, 6.45) is 4.45. The van der Waals surface area contributed by atoms with Crippen molar-refractivity contribution < 1.29 is 4.79 Å². The van der Waals surface area contributed by atoms with Gasteiger partial charge in [0.2, 0.25) is 5.91 Å². The maximum Gasteiger partial charge on any atom is 0.238 e. The molecule has 0 bridgehead atoms. The van der Waals surface area contributed by atoms with E-state index in [0.717, 1.165) is 42.2 Å². The number of hydrogen-bond donors (Lipinski definition) is 2. The fourth-order valence-electron chi connectivity index (χ4n) is 2.73. The van der Waals surface area contributed by atoms with Crippen LogP contribution < -0.4 is 11.1 Å². The molecule has 21 heavy (non-hydrogen) atoms. The lowest BCUT2D eigenvalue weighted by Crippen LogP contribution is -2.60. The first-order chi connectivity index (χ1) is 9.99. The van der Waals surface area contributed by atoms with Crippen molar-refractivity contribution in [2.45, 2.75) is 56.3 Å². The number of rotatable bonds is 7. The van der Waals surface area contributed by atoms with E-state index >= 15 is 0 Å². The average Bonchev–Trinajstić information content (AvgIpc) is 3.24. The molecule has 1 unspecified atom stereocenters. The van der Waals surface area contributed by atoms with Crippen molar-refractivity contribution in [1.29, 1.82) is 0 Å². The number of thioether (sulfide) groups is 1. The Labute approximate surface area is 129 Å². The number of hydrogen-bond acceptors (Lipinski definition) is 5. The van der Waals surface area contributed by atoms with Crippen molar-refractivity contribution in [3.05, 3.63) is 17.5 Å². The fraction of sp³-hybridized carbons (Fsp3) is 0.667. The minimum absolute atomic E-state index is 0.228. The zero-order valence-corrected chi connectivity index (χ0v) is 13.4. The molecule has 0 spiro atoms. The molecule has 1 atom stereocenters. The third-order valence-electron chi connectivity index (χ3n) is 4.14. The maximum absolute atomic E-state index is 12.1. The number of carbonyl (C=O) groups excluding carboxylic acids is 1. The number of aryl methyl sites for hydroxylation is 2. The number of aromatic nitrogens is 2. The zero-order valence-electron chi connectivity index (χ0n) is 12.6. The lowest BCUT2D eigenvalue weighted by atomic mass is 9.94. The average molecular weight is 306 g/mol. The largest absolute Gasteiger partial charge is 0.368 e. The molecule has 0 aliphatic heterocycles. The summed E-state index contributed by atoms with van der Waals surface area (Å²) in [6, 6.07) is 2.41. The van der Waals surface area contributed by atoms with Crippen molar-refractivity contribution in [2.24, 2.45) is 11.7 Å². The standard InChI is InChI=1S/C15H22N4OS/c1-9-7-10(2)18-14(17-9)21-8-15(13(16)20,11-3-4-11)19-12-5-6-12/h7,11-12,19H,3-6,8H2,1-2H3,(H2,16,20). The van der Waals surface area contributed by atoms with Crippen molar-refractivity contribution in [1.82, 2.24) is 15.3 Å². The highest BCUT2D eigenvalue weighted by molar-refractivity contribution is 7.99. The van der Waals surface area contributed by atoms with Crippen LogP contribution in [0.3, 0.4) is 0 Å². The Morgan fingerprint density at radius 3 is 2.43 bits per heavy atom. The number of primary amides is 1. The van der Waals surface area contributed by atoms with Crippen LogP contribution in [-0.4, -0.2) is 33.2 Å². The summed E-state index contributed by atoms with van der Waals surface area (Å²) in [5.41, 5.74) is 7.08. The van der Waals surface area contributed by atoms with Crippen LogP contribution in [0.1, 0.15) is 37.1 Å². The molecule has 6 heteroatoms. The van der Waals surface area contributed by atoms with Gasteiger partial charge in [-0.25, -0.2) is 9.97 Å². The third-order valence-corrected chi connectivity index (χ3v) is 5.18. The van der Waals surface area contributed by atoms with Gasteiger partial charge in [-0.2, -0.15) is 0 Å². The van der Waals surface area contributed by atoms with Gasteiger partial charge >= 0.3 is 0 Å². The molecule has 1 aromatic heterocycles. The van der Waals surface area contributed by atoms with Crippen LogP contribution in [0, 0.1) is 19.8 Å². The molecule has 2 fully saturated rings. The van der Waals surface area contributed by atoms with E-state index in [1.807, 2.05) is 19.9 Å². The second-order valence-electron chi connectivity index (χ2n) is 6.25. The van der Waals surface area contributed by atoms with Gasteiger partial charge in [0.15, 0.2) is 5.16 Å². The maximum atomic E-state index is 12.1.